The molecule has 0 radical (unpaired) electrons. The lowest BCUT2D eigenvalue weighted by Gasteiger charge is -2.36. The third-order valence-electron chi connectivity index (χ3n) is 2.98. The molecule has 0 aromatic heterocycles. The standard InChI is InChI=1S/C8H16BN/c1-3-7-10-8-4-2-6-9(10)5-1/h1-8H2. The van der Waals surface area contributed by atoms with Crippen molar-refractivity contribution in [1.29, 1.82) is 0 Å². The summed E-state index contributed by atoms with van der Waals surface area (Å²) in [6, 6.07) is 0. The highest BCUT2D eigenvalue weighted by Crippen LogP contribution is 2.23. The first-order chi connectivity index (χ1) is 4.97. The van der Waals surface area contributed by atoms with Crippen LogP contribution in [0.4, 0.5) is 0 Å². The van der Waals surface area contributed by atoms with Crippen molar-refractivity contribution in [3.63, 3.8) is 0 Å². The first-order valence-electron chi connectivity index (χ1n) is 4.71. The first-order valence-corrected chi connectivity index (χ1v) is 4.71. The maximum Gasteiger partial charge on any atom is 0.223 e. The monoisotopic (exact) mass is 137 g/mol. The summed E-state index contributed by atoms with van der Waals surface area (Å²) in [6.07, 6.45) is 8.86. The van der Waals surface area contributed by atoms with Crippen LogP contribution in [-0.4, -0.2) is 24.7 Å². The number of fused-ring (bicyclic) bond motifs is 1. The largest absolute Gasteiger partial charge is 0.342 e. The molecule has 2 saturated heterocycles. The summed E-state index contributed by atoms with van der Waals surface area (Å²) < 4.78 is 0. The molecule has 2 heteroatoms. The Labute approximate surface area is 63.9 Å². The molecule has 2 heterocycles. The number of rotatable bonds is 0. The molecule has 2 aliphatic heterocycles. The van der Waals surface area contributed by atoms with Crippen LogP contribution in [0.25, 0.3) is 0 Å². The lowest BCUT2D eigenvalue weighted by atomic mass is 9.49. The number of hydrogen-bond donors (Lipinski definition) is 0. The normalized spacial score (nSPS) is 28.2. The van der Waals surface area contributed by atoms with Crippen molar-refractivity contribution in [1.82, 2.24) is 4.81 Å². The highest BCUT2D eigenvalue weighted by atomic mass is 15.1. The van der Waals surface area contributed by atoms with Gasteiger partial charge in [-0.15, -0.1) is 0 Å². The molecule has 0 N–H and O–H groups in total. The Bertz CT molecular complexity index is 89.8. The van der Waals surface area contributed by atoms with Crippen molar-refractivity contribution in [2.75, 3.05) is 13.1 Å². The van der Waals surface area contributed by atoms with Crippen LogP contribution in [0.15, 0.2) is 0 Å². The highest BCUT2D eigenvalue weighted by Gasteiger charge is 2.27. The third-order valence-corrected chi connectivity index (χ3v) is 2.98. The van der Waals surface area contributed by atoms with E-state index in [1.54, 1.807) is 0 Å². The zero-order valence-electron chi connectivity index (χ0n) is 6.68. The van der Waals surface area contributed by atoms with E-state index in [0.29, 0.717) is 0 Å². The Morgan fingerprint density at radius 1 is 0.800 bits per heavy atom. The number of nitrogens with zero attached hydrogens (tertiary/aromatic N) is 1. The van der Waals surface area contributed by atoms with E-state index in [1.807, 2.05) is 0 Å². The van der Waals surface area contributed by atoms with E-state index >= 15 is 0 Å². The Kier molecular flexibility index (Phi) is 1.98. The van der Waals surface area contributed by atoms with E-state index in [0.717, 1.165) is 6.85 Å². The van der Waals surface area contributed by atoms with Crippen molar-refractivity contribution in [2.45, 2.75) is 38.3 Å². The fourth-order valence-corrected chi connectivity index (χ4v) is 2.38. The van der Waals surface area contributed by atoms with Crippen molar-refractivity contribution < 1.29 is 0 Å². The lowest BCUT2D eigenvalue weighted by molar-refractivity contribution is 0.363. The van der Waals surface area contributed by atoms with Crippen molar-refractivity contribution in [3.05, 3.63) is 0 Å². The van der Waals surface area contributed by atoms with Gasteiger partial charge >= 0.3 is 0 Å². The fraction of sp³-hybridized carbons (Fsp3) is 1.00. The SMILES string of the molecule is C1CCN2CCCCB2C1. The van der Waals surface area contributed by atoms with Crippen LogP contribution >= 0.6 is 0 Å². The molecule has 2 rings (SSSR count). The maximum atomic E-state index is 2.70. The summed E-state index contributed by atoms with van der Waals surface area (Å²) in [5, 5.41) is 0. The van der Waals surface area contributed by atoms with Gasteiger partial charge in [-0.25, -0.2) is 0 Å². The maximum absolute atomic E-state index is 2.70. The first kappa shape index (κ1) is 6.72. The molecule has 56 valence electrons. The van der Waals surface area contributed by atoms with Gasteiger partial charge in [-0.05, 0) is 25.9 Å². The van der Waals surface area contributed by atoms with E-state index in [1.165, 1.54) is 51.4 Å². The van der Waals surface area contributed by atoms with Crippen molar-refractivity contribution in [3.8, 4) is 0 Å². The third kappa shape index (κ3) is 1.22. The molecule has 0 aromatic carbocycles. The zero-order valence-corrected chi connectivity index (χ0v) is 6.68. The minimum Gasteiger partial charge on any atom is -0.342 e. The summed E-state index contributed by atoms with van der Waals surface area (Å²) in [5.41, 5.74) is 0. The van der Waals surface area contributed by atoms with Gasteiger partial charge in [0.2, 0.25) is 6.85 Å². The van der Waals surface area contributed by atoms with Crippen LogP contribution in [0.1, 0.15) is 25.7 Å². The lowest BCUT2D eigenvalue weighted by Crippen LogP contribution is -2.45. The van der Waals surface area contributed by atoms with Gasteiger partial charge in [0.1, 0.15) is 0 Å². The van der Waals surface area contributed by atoms with Gasteiger partial charge in [0, 0.05) is 0 Å². The molecule has 0 atom stereocenters. The van der Waals surface area contributed by atoms with Gasteiger partial charge in [0.05, 0.1) is 0 Å². The van der Waals surface area contributed by atoms with Crippen LogP contribution in [0.2, 0.25) is 12.6 Å². The molecule has 2 aliphatic rings. The van der Waals surface area contributed by atoms with E-state index < -0.39 is 0 Å². The molecule has 0 aromatic rings. The van der Waals surface area contributed by atoms with E-state index in [-0.39, 0.29) is 0 Å². The van der Waals surface area contributed by atoms with E-state index in [2.05, 4.69) is 4.81 Å². The van der Waals surface area contributed by atoms with Crippen LogP contribution in [0.3, 0.4) is 0 Å². The molecular formula is C8H16BN. The van der Waals surface area contributed by atoms with Crippen LogP contribution in [0.5, 0.6) is 0 Å². The summed E-state index contributed by atoms with van der Waals surface area (Å²) in [6.45, 7) is 3.78. The van der Waals surface area contributed by atoms with Gasteiger partial charge in [-0.3, -0.25) is 0 Å². The van der Waals surface area contributed by atoms with E-state index in [9.17, 15) is 0 Å². The summed E-state index contributed by atoms with van der Waals surface area (Å²) >= 11 is 0. The van der Waals surface area contributed by atoms with Crippen molar-refractivity contribution >= 4 is 6.85 Å². The average Bonchev–Trinajstić information content (AvgIpc) is 2.05. The van der Waals surface area contributed by atoms with Crippen LogP contribution < -0.4 is 0 Å². The number of hydrogen-bond acceptors (Lipinski definition) is 1. The molecule has 0 saturated carbocycles. The fourth-order valence-electron chi connectivity index (χ4n) is 2.38. The van der Waals surface area contributed by atoms with Gasteiger partial charge < -0.3 is 4.81 Å². The Balaban J connectivity index is 1.93. The summed E-state index contributed by atoms with van der Waals surface area (Å²) in [7, 11) is 0. The zero-order chi connectivity index (χ0) is 6.81. The van der Waals surface area contributed by atoms with Crippen LogP contribution in [-0.2, 0) is 0 Å². The van der Waals surface area contributed by atoms with Gasteiger partial charge in [-0.2, -0.15) is 0 Å². The molecule has 0 bridgehead atoms. The van der Waals surface area contributed by atoms with E-state index in [4.69, 9.17) is 0 Å². The average molecular weight is 137 g/mol. The van der Waals surface area contributed by atoms with Crippen molar-refractivity contribution in [2.24, 2.45) is 0 Å². The molecular weight excluding hydrogens is 121 g/mol. The van der Waals surface area contributed by atoms with Crippen LogP contribution in [0, 0.1) is 0 Å². The minimum atomic E-state index is 0.988. The Morgan fingerprint density at radius 2 is 1.40 bits per heavy atom. The second-order valence-corrected chi connectivity index (χ2v) is 3.68. The topological polar surface area (TPSA) is 3.24 Å². The van der Waals surface area contributed by atoms with Gasteiger partial charge in [0.25, 0.3) is 0 Å². The molecule has 0 aliphatic carbocycles. The smallest absolute Gasteiger partial charge is 0.223 e. The molecule has 10 heavy (non-hydrogen) atoms. The molecule has 1 nitrogen and oxygen atoms in total. The Morgan fingerprint density at radius 3 is 1.90 bits per heavy atom. The molecule has 2 fully saturated rings. The second-order valence-electron chi connectivity index (χ2n) is 3.68. The minimum absolute atomic E-state index is 0.988. The molecule has 0 unspecified atom stereocenters. The quantitative estimate of drug-likeness (QED) is 0.460. The Hall–Kier alpha value is 0.0249. The second kappa shape index (κ2) is 2.95. The molecule has 0 spiro atoms. The predicted molar refractivity (Wildman–Crippen MR) is 45.4 cm³/mol. The summed E-state index contributed by atoms with van der Waals surface area (Å²) in [5.74, 6) is 0. The molecule has 0 amide bonds. The highest BCUT2D eigenvalue weighted by molar-refractivity contribution is 6.56. The predicted octanol–water partition coefficient (Wildman–Crippen LogP) is 1.87. The van der Waals surface area contributed by atoms with Gasteiger partial charge in [0.15, 0.2) is 0 Å². The van der Waals surface area contributed by atoms with Gasteiger partial charge in [-0.1, -0.05) is 25.5 Å². The summed E-state index contributed by atoms with van der Waals surface area (Å²) in [4.78, 5) is 2.70.